The molecule has 0 saturated carbocycles. The summed E-state index contributed by atoms with van der Waals surface area (Å²) in [5, 5.41) is 6.02. The van der Waals surface area contributed by atoms with Crippen LogP contribution in [0.15, 0.2) is 43.1 Å². The molecule has 0 radical (unpaired) electrons. The molecule has 23 heavy (non-hydrogen) atoms. The maximum atomic E-state index is 6.30. The molecule has 0 unspecified atom stereocenters. The summed E-state index contributed by atoms with van der Waals surface area (Å²) in [7, 11) is 0. The highest BCUT2D eigenvalue weighted by Gasteiger charge is 2.25. The summed E-state index contributed by atoms with van der Waals surface area (Å²) in [5.41, 5.74) is 2.24. The molecule has 3 aromatic rings. The number of hydrogen-bond acceptors (Lipinski definition) is 4. The summed E-state index contributed by atoms with van der Waals surface area (Å²) < 4.78 is 1.92. The largest absolute Gasteiger partial charge is 0.294 e. The first kappa shape index (κ1) is 14.6. The minimum Gasteiger partial charge on any atom is -0.294 e. The number of rotatable bonds is 4. The number of hydrogen-bond donors (Lipinski definition) is 0. The fourth-order valence-corrected chi connectivity index (χ4v) is 3.61. The third kappa shape index (κ3) is 2.94. The van der Waals surface area contributed by atoms with Crippen LogP contribution in [0.5, 0.6) is 0 Å². The smallest absolute Gasteiger partial charge is 0.137 e. The zero-order valence-corrected chi connectivity index (χ0v) is 13.5. The molecule has 2 aromatic heterocycles. The molecule has 3 heterocycles. The van der Waals surface area contributed by atoms with Crippen molar-refractivity contribution in [3.63, 3.8) is 0 Å². The van der Waals surface area contributed by atoms with Gasteiger partial charge in [-0.15, -0.1) is 0 Å². The third-order valence-electron chi connectivity index (χ3n) is 4.54. The highest BCUT2D eigenvalue weighted by Crippen LogP contribution is 2.28. The van der Waals surface area contributed by atoms with Crippen LogP contribution in [0.1, 0.15) is 18.4 Å². The first-order valence-electron chi connectivity index (χ1n) is 7.90. The molecule has 1 atom stereocenters. The Labute approximate surface area is 139 Å². The predicted octanol–water partition coefficient (Wildman–Crippen LogP) is 3.14. The van der Waals surface area contributed by atoms with E-state index in [-0.39, 0.29) is 0 Å². The number of aromatic nitrogens is 4. The Hall–Kier alpha value is -1.98. The van der Waals surface area contributed by atoms with Crippen LogP contribution in [0.2, 0.25) is 5.02 Å². The van der Waals surface area contributed by atoms with E-state index in [2.05, 4.69) is 26.0 Å². The Bertz CT molecular complexity index is 802. The Morgan fingerprint density at radius 3 is 3.09 bits per heavy atom. The Kier molecular flexibility index (Phi) is 3.97. The van der Waals surface area contributed by atoms with E-state index in [9.17, 15) is 0 Å². The van der Waals surface area contributed by atoms with E-state index in [1.165, 1.54) is 18.4 Å². The van der Waals surface area contributed by atoms with Crippen molar-refractivity contribution in [2.75, 3.05) is 6.54 Å². The van der Waals surface area contributed by atoms with E-state index in [0.29, 0.717) is 6.04 Å². The molecular formula is C17H18ClN5. The van der Waals surface area contributed by atoms with Crippen LogP contribution in [0.25, 0.3) is 10.9 Å². The van der Waals surface area contributed by atoms with Crippen LogP contribution >= 0.6 is 11.6 Å². The molecule has 0 amide bonds. The molecule has 5 nitrogen and oxygen atoms in total. The Balaban J connectivity index is 1.59. The molecule has 6 heteroatoms. The molecular weight excluding hydrogens is 310 g/mol. The Morgan fingerprint density at radius 2 is 2.22 bits per heavy atom. The molecule has 0 spiro atoms. The summed E-state index contributed by atoms with van der Waals surface area (Å²) in [4.78, 5) is 11.1. The van der Waals surface area contributed by atoms with Crippen molar-refractivity contribution in [1.82, 2.24) is 24.6 Å². The van der Waals surface area contributed by atoms with Gasteiger partial charge in [0.25, 0.3) is 0 Å². The van der Waals surface area contributed by atoms with E-state index in [0.717, 1.165) is 35.6 Å². The van der Waals surface area contributed by atoms with Gasteiger partial charge in [-0.3, -0.25) is 14.6 Å². The van der Waals surface area contributed by atoms with E-state index >= 15 is 0 Å². The van der Waals surface area contributed by atoms with Crippen molar-refractivity contribution in [1.29, 1.82) is 0 Å². The van der Waals surface area contributed by atoms with Crippen LogP contribution in [-0.2, 0) is 13.1 Å². The zero-order chi connectivity index (χ0) is 15.6. The highest BCUT2D eigenvalue weighted by molar-refractivity contribution is 6.35. The summed E-state index contributed by atoms with van der Waals surface area (Å²) >= 11 is 6.30. The van der Waals surface area contributed by atoms with E-state index in [4.69, 9.17) is 11.6 Å². The second kappa shape index (κ2) is 6.26. The van der Waals surface area contributed by atoms with Gasteiger partial charge in [0.2, 0.25) is 0 Å². The van der Waals surface area contributed by atoms with Crippen molar-refractivity contribution in [2.24, 2.45) is 0 Å². The van der Waals surface area contributed by atoms with Gasteiger partial charge >= 0.3 is 0 Å². The summed E-state index contributed by atoms with van der Waals surface area (Å²) in [5.74, 6) is 0. The molecule has 1 fully saturated rings. The van der Waals surface area contributed by atoms with Crippen molar-refractivity contribution < 1.29 is 0 Å². The van der Waals surface area contributed by atoms with Gasteiger partial charge in [-0.25, -0.2) is 4.98 Å². The van der Waals surface area contributed by atoms with Crippen molar-refractivity contribution in [3.8, 4) is 0 Å². The molecule has 118 valence electrons. The highest BCUT2D eigenvalue weighted by atomic mass is 35.5. The van der Waals surface area contributed by atoms with E-state index in [1.54, 1.807) is 12.7 Å². The second-order valence-corrected chi connectivity index (χ2v) is 6.40. The fourth-order valence-electron chi connectivity index (χ4n) is 3.40. The number of pyridine rings is 1. The van der Waals surface area contributed by atoms with Crippen LogP contribution in [0, 0.1) is 0 Å². The van der Waals surface area contributed by atoms with Crippen LogP contribution < -0.4 is 0 Å². The Morgan fingerprint density at radius 1 is 1.26 bits per heavy atom. The minimum absolute atomic E-state index is 0.492. The van der Waals surface area contributed by atoms with Gasteiger partial charge in [0.15, 0.2) is 0 Å². The normalized spacial score (nSPS) is 18.7. The topological polar surface area (TPSA) is 46.8 Å². The van der Waals surface area contributed by atoms with Gasteiger partial charge in [0, 0.05) is 29.2 Å². The van der Waals surface area contributed by atoms with Crippen molar-refractivity contribution in [2.45, 2.75) is 32.0 Å². The number of nitrogens with zero attached hydrogens (tertiary/aromatic N) is 5. The third-order valence-corrected chi connectivity index (χ3v) is 4.87. The lowest BCUT2D eigenvalue weighted by Crippen LogP contribution is -2.32. The average molecular weight is 328 g/mol. The minimum atomic E-state index is 0.492. The van der Waals surface area contributed by atoms with Gasteiger partial charge in [0.1, 0.15) is 12.7 Å². The quantitative estimate of drug-likeness (QED) is 0.738. The first-order valence-corrected chi connectivity index (χ1v) is 8.27. The summed E-state index contributed by atoms with van der Waals surface area (Å²) in [6.07, 6.45) is 7.63. The molecule has 0 aliphatic carbocycles. The summed E-state index contributed by atoms with van der Waals surface area (Å²) in [6.45, 7) is 2.89. The molecule has 1 saturated heterocycles. The molecule has 1 aromatic carbocycles. The van der Waals surface area contributed by atoms with Crippen LogP contribution in [0.3, 0.4) is 0 Å². The van der Waals surface area contributed by atoms with Gasteiger partial charge in [-0.1, -0.05) is 17.7 Å². The number of likely N-dealkylation sites (tertiary alicyclic amines) is 1. The number of fused-ring (bicyclic) bond motifs is 1. The lowest BCUT2D eigenvalue weighted by molar-refractivity contribution is 0.219. The van der Waals surface area contributed by atoms with Gasteiger partial charge < -0.3 is 0 Å². The molecule has 1 aliphatic heterocycles. The van der Waals surface area contributed by atoms with Crippen LogP contribution in [-0.4, -0.2) is 37.2 Å². The fraction of sp³-hybridized carbons (Fsp3) is 0.353. The molecule has 4 rings (SSSR count). The van der Waals surface area contributed by atoms with E-state index < -0.39 is 0 Å². The second-order valence-electron chi connectivity index (χ2n) is 5.99. The lowest BCUT2D eigenvalue weighted by Gasteiger charge is -2.24. The molecule has 0 N–H and O–H groups in total. The average Bonchev–Trinajstić information content (AvgIpc) is 3.23. The zero-order valence-electron chi connectivity index (χ0n) is 12.8. The predicted molar refractivity (Wildman–Crippen MR) is 90.2 cm³/mol. The van der Waals surface area contributed by atoms with Crippen molar-refractivity contribution in [3.05, 3.63) is 53.7 Å². The lowest BCUT2D eigenvalue weighted by atomic mass is 10.1. The SMILES string of the molecule is Clc1ccc(CN2CCC[C@@H]2Cn2cncn2)c2ncccc12. The standard InChI is InChI=1S/C17H18ClN5/c18-16-6-5-13(17-15(16)4-1-7-20-17)9-22-8-2-3-14(22)10-23-12-19-11-21-23/h1,4-7,11-12,14H,2-3,8-10H2/t14-/m1/s1. The van der Waals surface area contributed by atoms with Gasteiger partial charge in [-0.05, 0) is 43.1 Å². The maximum absolute atomic E-state index is 6.30. The van der Waals surface area contributed by atoms with E-state index in [1.807, 2.05) is 29.1 Å². The first-order chi connectivity index (χ1) is 11.3. The molecule has 0 bridgehead atoms. The number of benzene rings is 1. The number of halogens is 1. The van der Waals surface area contributed by atoms with Gasteiger partial charge in [0.05, 0.1) is 12.1 Å². The monoisotopic (exact) mass is 327 g/mol. The maximum Gasteiger partial charge on any atom is 0.137 e. The van der Waals surface area contributed by atoms with Gasteiger partial charge in [-0.2, -0.15) is 5.10 Å². The van der Waals surface area contributed by atoms with Crippen LogP contribution in [0.4, 0.5) is 0 Å². The summed E-state index contributed by atoms with van der Waals surface area (Å²) in [6, 6.07) is 8.53. The molecule has 1 aliphatic rings. The van der Waals surface area contributed by atoms with Crippen molar-refractivity contribution >= 4 is 22.5 Å².